The summed E-state index contributed by atoms with van der Waals surface area (Å²) in [6.45, 7) is 1.53. The van der Waals surface area contributed by atoms with Gasteiger partial charge in [-0.15, -0.1) is 0 Å². The van der Waals surface area contributed by atoms with Crippen molar-refractivity contribution < 1.29 is 35.9 Å². The summed E-state index contributed by atoms with van der Waals surface area (Å²) in [5.41, 5.74) is 0.643. The first-order valence-corrected chi connectivity index (χ1v) is 16.0. The van der Waals surface area contributed by atoms with Gasteiger partial charge < -0.3 is 14.8 Å². The molecule has 0 spiro atoms. The van der Waals surface area contributed by atoms with Crippen LogP contribution in [0.3, 0.4) is 0 Å². The Labute approximate surface area is 238 Å². The van der Waals surface area contributed by atoms with E-state index in [4.69, 9.17) is 21.1 Å². The molecule has 2 aliphatic heterocycles. The highest BCUT2D eigenvalue weighted by molar-refractivity contribution is 7.89. The summed E-state index contributed by atoms with van der Waals surface area (Å²) in [5.74, 6) is -1.50. The van der Waals surface area contributed by atoms with Gasteiger partial charge in [-0.05, 0) is 54.8 Å². The van der Waals surface area contributed by atoms with Gasteiger partial charge in [-0.3, -0.25) is 4.79 Å². The Balaban J connectivity index is 1.30. The van der Waals surface area contributed by atoms with Crippen molar-refractivity contribution in [2.24, 2.45) is 0 Å². The second-order valence-corrected chi connectivity index (χ2v) is 13.5. The monoisotopic (exact) mass is 611 g/mol. The van der Waals surface area contributed by atoms with Gasteiger partial charge in [0.1, 0.15) is 0 Å². The third-order valence-corrected chi connectivity index (χ3v) is 10.5. The maximum absolute atomic E-state index is 12.9. The number of esters is 1. The van der Waals surface area contributed by atoms with Crippen molar-refractivity contribution in [3.8, 4) is 0 Å². The Bertz CT molecular complexity index is 1470. The summed E-state index contributed by atoms with van der Waals surface area (Å²) in [4.78, 5) is 24.6. The quantitative estimate of drug-likeness (QED) is 0.337. The van der Waals surface area contributed by atoms with Crippen molar-refractivity contribution >= 4 is 55.3 Å². The molecule has 2 fully saturated rings. The molecule has 4 rings (SSSR count). The van der Waals surface area contributed by atoms with Gasteiger partial charge in [0.2, 0.25) is 20.0 Å². The van der Waals surface area contributed by atoms with E-state index in [1.54, 1.807) is 12.1 Å². The Kier molecular flexibility index (Phi) is 9.98. The van der Waals surface area contributed by atoms with Gasteiger partial charge in [0.15, 0.2) is 6.61 Å². The zero-order chi connectivity index (χ0) is 28.8. The van der Waals surface area contributed by atoms with Crippen LogP contribution in [0.2, 0.25) is 5.02 Å². The normalized spacial score (nSPS) is 17.5. The highest BCUT2D eigenvalue weighted by Gasteiger charge is 2.27. The lowest BCUT2D eigenvalue weighted by molar-refractivity contribution is -0.142. The van der Waals surface area contributed by atoms with Crippen molar-refractivity contribution in [1.82, 2.24) is 8.61 Å². The van der Waals surface area contributed by atoms with E-state index >= 15 is 0 Å². The number of carbonyl (C=O) groups excluding carboxylic acids is 2. The average molecular weight is 612 g/mol. The third-order valence-electron chi connectivity index (χ3n) is 6.41. The number of anilines is 1. The number of amides is 1. The second-order valence-electron chi connectivity index (χ2n) is 9.18. The smallest absolute Gasteiger partial charge is 0.331 e. The number of nitrogens with zero attached hydrogens (tertiary/aromatic N) is 2. The number of nitrogens with one attached hydrogen (secondary N) is 1. The predicted molar refractivity (Wildman–Crippen MR) is 149 cm³/mol. The van der Waals surface area contributed by atoms with Crippen LogP contribution in [0, 0.1) is 0 Å². The number of sulfonamides is 2. The number of rotatable bonds is 9. The molecular weight excluding hydrogens is 582 g/mol. The van der Waals surface area contributed by atoms with Gasteiger partial charge in [0.25, 0.3) is 5.91 Å². The molecule has 0 unspecified atom stereocenters. The molecular formula is C26H30ClN3O8S2. The van der Waals surface area contributed by atoms with Crippen molar-refractivity contribution in [1.29, 1.82) is 0 Å². The van der Waals surface area contributed by atoms with Crippen LogP contribution in [0.25, 0.3) is 6.08 Å². The summed E-state index contributed by atoms with van der Waals surface area (Å²) in [7, 11) is -7.35. The van der Waals surface area contributed by atoms with E-state index in [-0.39, 0.29) is 20.5 Å². The van der Waals surface area contributed by atoms with E-state index in [2.05, 4.69) is 5.32 Å². The molecule has 40 heavy (non-hydrogen) atoms. The largest absolute Gasteiger partial charge is 0.452 e. The fourth-order valence-electron chi connectivity index (χ4n) is 4.24. The SMILES string of the molecule is O=C(COC(=O)/C=C/c1ccc(S(=O)(=O)N2CCOCC2)cc1)Nc1cc(S(=O)(=O)N2CCCCC2)ccc1Cl. The van der Waals surface area contributed by atoms with Crippen LogP contribution in [-0.4, -0.2) is 83.3 Å². The Morgan fingerprint density at radius 2 is 1.48 bits per heavy atom. The first kappa shape index (κ1) is 30.2. The first-order chi connectivity index (χ1) is 19.1. The minimum absolute atomic E-state index is 0.0118. The lowest BCUT2D eigenvalue weighted by atomic mass is 10.2. The average Bonchev–Trinajstić information content (AvgIpc) is 2.97. The molecule has 2 aliphatic rings. The molecule has 0 aliphatic carbocycles. The molecule has 2 heterocycles. The fourth-order valence-corrected chi connectivity index (χ4v) is 7.35. The van der Waals surface area contributed by atoms with E-state index in [0.29, 0.717) is 45.0 Å². The Hall–Kier alpha value is -2.81. The number of hydrogen-bond acceptors (Lipinski definition) is 8. The summed E-state index contributed by atoms with van der Waals surface area (Å²) >= 11 is 6.15. The number of morpholine rings is 1. The summed E-state index contributed by atoms with van der Waals surface area (Å²) < 4.78 is 64.2. The summed E-state index contributed by atoms with van der Waals surface area (Å²) in [6, 6.07) is 10.1. The molecule has 0 radical (unpaired) electrons. The molecule has 14 heteroatoms. The molecule has 2 saturated heterocycles. The fraction of sp³-hybridized carbons (Fsp3) is 0.385. The molecule has 0 atom stereocenters. The van der Waals surface area contributed by atoms with E-state index in [9.17, 15) is 26.4 Å². The molecule has 0 aromatic heterocycles. The van der Waals surface area contributed by atoms with Gasteiger partial charge in [0.05, 0.1) is 33.7 Å². The summed E-state index contributed by atoms with van der Waals surface area (Å²) in [5, 5.41) is 2.61. The van der Waals surface area contributed by atoms with Crippen LogP contribution in [0.5, 0.6) is 0 Å². The second kappa shape index (κ2) is 13.2. The number of ether oxygens (including phenoxy) is 2. The van der Waals surface area contributed by atoms with Crippen LogP contribution >= 0.6 is 11.6 Å². The predicted octanol–water partition coefficient (Wildman–Crippen LogP) is 2.73. The van der Waals surface area contributed by atoms with Gasteiger partial charge in [-0.2, -0.15) is 8.61 Å². The van der Waals surface area contributed by atoms with Gasteiger partial charge in [-0.25, -0.2) is 21.6 Å². The van der Waals surface area contributed by atoms with Crippen LogP contribution in [0.4, 0.5) is 5.69 Å². The van der Waals surface area contributed by atoms with Crippen LogP contribution in [0.1, 0.15) is 24.8 Å². The van der Waals surface area contributed by atoms with Crippen LogP contribution in [0.15, 0.2) is 58.3 Å². The van der Waals surface area contributed by atoms with E-state index < -0.39 is 38.5 Å². The summed E-state index contributed by atoms with van der Waals surface area (Å²) in [6.07, 6.45) is 5.10. The maximum Gasteiger partial charge on any atom is 0.331 e. The van der Waals surface area contributed by atoms with Crippen LogP contribution < -0.4 is 5.32 Å². The highest BCUT2D eigenvalue weighted by atomic mass is 35.5. The highest BCUT2D eigenvalue weighted by Crippen LogP contribution is 2.28. The maximum atomic E-state index is 12.9. The molecule has 0 bridgehead atoms. The number of carbonyl (C=O) groups is 2. The number of halogens is 1. The standard InChI is InChI=1S/C26H30ClN3O8S2/c27-23-10-9-22(40(35,36)29-12-2-1-3-13-29)18-24(23)28-25(31)19-38-26(32)11-6-20-4-7-21(8-5-20)39(33,34)30-14-16-37-17-15-30/h4-11,18H,1-3,12-17,19H2,(H,28,31)/b11-6+. The van der Waals surface area contributed by atoms with Gasteiger partial charge in [-0.1, -0.05) is 30.2 Å². The molecule has 216 valence electrons. The Morgan fingerprint density at radius 1 is 0.875 bits per heavy atom. The Morgan fingerprint density at radius 3 is 2.15 bits per heavy atom. The molecule has 1 N–H and O–H groups in total. The van der Waals surface area contributed by atoms with Gasteiger partial charge in [0, 0.05) is 32.3 Å². The van der Waals surface area contributed by atoms with E-state index in [1.807, 2.05) is 0 Å². The lowest BCUT2D eigenvalue weighted by Crippen LogP contribution is -2.40. The molecule has 2 aromatic carbocycles. The minimum Gasteiger partial charge on any atom is -0.452 e. The van der Waals surface area contributed by atoms with Crippen molar-refractivity contribution in [3.05, 3.63) is 59.1 Å². The first-order valence-electron chi connectivity index (χ1n) is 12.7. The van der Waals surface area contributed by atoms with Crippen molar-refractivity contribution in [3.63, 3.8) is 0 Å². The van der Waals surface area contributed by atoms with E-state index in [1.165, 1.54) is 45.0 Å². The molecule has 0 saturated carbocycles. The topological polar surface area (TPSA) is 139 Å². The van der Waals surface area contributed by atoms with Gasteiger partial charge >= 0.3 is 5.97 Å². The van der Waals surface area contributed by atoms with Crippen molar-refractivity contribution in [2.75, 3.05) is 51.3 Å². The minimum atomic E-state index is -3.73. The van der Waals surface area contributed by atoms with Crippen molar-refractivity contribution in [2.45, 2.75) is 29.1 Å². The number of piperidine rings is 1. The third kappa shape index (κ3) is 7.47. The lowest BCUT2D eigenvalue weighted by Gasteiger charge is -2.26. The number of hydrogen-bond donors (Lipinski definition) is 1. The molecule has 11 nitrogen and oxygen atoms in total. The zero-order valence-corrected chi connectivity index (χ0v) is 24.0. The molecule has 2 aromatic rings. The molecule has 1 amide bonds. The van der Waals surface area contributed by atoms with E-state index in [0.717, 1.165) is 25.3 Å². The van der Waals surface area contributed by atoms with Crippen LogP contribution in [-0.2, 0) is 39.1 Å². The zero-order valence-electron chi connectivity index (χ0n) is 21.6. The number of benzene rings is 2.